The number of azo groups is 1. The molecule has 0 radical (unpaired) electrons. The first-order chi connectivity index (χ1) is 10.1. The van der Waals surface area contributed by atoms with Crippen LogP contribution in [0.4, 0.5) is 0 Å². The Morgan fingerprint density at radius 1 is 0.864 bits per heavy atom. The molecule has 6 nitrogen and oxygen atoms in total. The fraction of sp³-hybridized carbons (Fsp3) is 0.875. The molecular weight excluding hydrogens is 284 g/mol. The summed E-state index contributed by atoms with van der Waals surface area (Å²) >= 11 is 0. The van der Waals surface area contributed by atoms with Crippen molar-refractivity contribution in [1.82, 2.24) is 0 Å². The molecule has 0 saturated heterocycles. The van der Waals surface area contributed by atoms with Gasteiger partial charge in [0.25, 0.3) is 0 Å². The van der Waals surface area contributed by atoms with Gasteiger partial charge in [-0.3, -0.25) is 0 Å². The minimum absolute atomic E-state index is 0.318. The van der Waals surface area contributed by atoms with E-state index in [1.165, 1.54) is 6.92 Å². The number of carboxylic acids is 2. The highest BCUT2D eigenvalue weighted by Crippen LogP contribution is 2.45. The molecule has 0 amide bonds. The zero-order valence-corrected chi connectivity index (χ0v) is 14.6. The lowest BCUT2D eigenvalue weighted by molar-refractivity contribution is -0.150. The predicted octanol–water partition coefficient (Wildman–Crippen LogP) is 4.14. The molecule has 0 saturated carbocycles. The Hall–Kier alpha value is -1.46. The molecule has 2 unspecified atom stereocenters. The van der Waals surface area contributed by atoms with Crippen LogP contribution in [0, 0.1) is 5.41 Å². The Balaban J connectivity index is 5.94. The van der Waals surface area contributed by atoms with E-state index in [9.17, 15) is 19.8 Å². The van der Waals surface area contributed by atoms with Crippen molar-refractivity contribution < 1.29 is 19.8 Å². The molecule has 0 spiro atoms. The van der Waals surface area contributed by atoms with Gasteiger partial charge in [-0.1, -0.05) is 34.1 Å². The number of hydrogen-bond acceptors (Lipinski definition) is 4. The van der Waals surface area contributed by atoms with Crippen molar-refractivity contribution >= 4 is 11.9 Å². The average molecular weight is 314 g/mol. The number of nitrogens with zero attached hydrogens (tertiary/aromatic N) is 2. The zero-order valence-electron chi connectivity index (χ0n) is 14.6. The van der Waals surface area contributed by atoms with Crippen LogP contribution in [0.25, 0.3) is 0 Å². The van der Waals surface area contributed by atoms with Gasteiger partial charge in [-0.2, -0.15) is 10.2 Å². The molecule has 0 aromatic rings. The topological polar surface area (TPSA) is 99.3 Å². The number of carbonyl (C=O) groups is 2. The third-order valence-electron chi connectivity index (χ3n) is 5.15. The van der Waals surface area contributed by atoms with E-state index in [1.807, 2.05) is 27.7 Å². The highest BCUT2D eigenvalue weighted by atomic mass is 16.4. The van der Waals surface area contributed by atoms with E-state index in [-0.39, 0.29) is 0 Å². The molecule has 0 aromatic heterocycles. The van der Waals surface area contributed by atoms with Crippen LogP contribution in [-0.2, 0) is 9.59 Å². The van der Waals surface area contributed by atoms with Gasteiger partial charge < -0.3 is 10.2 Å². The van der Waals surface area contributed by atoms with Crippen molar-refractivity contribution in [2.24, 2.45) is 15.6 Å². The molecule has 2 N–H and O–H groups in total. The van der Waals surface area contributed by atoms with Gasteiger partial charge in [0.1, 0.15) is 0 Å². The molecule has 22 heavy (non-hydrogen) atoms. The summed E-state index contributed by atoms with van der Waals surface area (Å²) < 4.78 is 0. The first-order valence-corrected chi connectivity index (χ1v) is 8.00. The van der Waals surface area contributed by atoms with E-state index in [0.29, 0.717) is 32.1 Å². The molecule has 0 aliphatic heterocycles. The van der Waals surface area contributed by atoms with Gasteiger partial charge in [0.2, 0.25) is 0 Å². The summed E-state index contributed by atoms with van der Waals surface area (Å²) in [5, 5.41) is 27.2. The Morgan fingerprint density at radius 3 is 1.59 bits per heavy atom. The molecule has 6 heteroatoms. The van der Waals surface area contributed by atoms with Crippen LogP contribution in [0.3, 0.4) is 0 Å². The largest absolute Gasteiger partial charge is 0.479 e. The molecule has 0 bridgehead atoms. The van der Waals surface area contributed by atoms with Crippen LogP contribution >= 0.6 is 0 Å². The molecule has 0 rings (SSSR count). The number of hydrogen-bond donors (Lipinski definition) is 2. The summed E-state index contributed by atoms with van der Waals surface area (Å²) in [6, 6.07) is 0. The van der Waals surface area contributed by atoms with Gasteiger partial charge in [-0.05, 0) is 39.5 Å². The Kier molecular flexibility index (Phi) is 7.19. The molecule has 0 fully saturated rings. The third kappa shape index (κ3) is 3.65. The first kappa shape index (κ1) is 20.5. The highest BCUT2D eigenvalue weighted by Gasteiger charge is 2.51. The minimum Gasteiger partial charge on any atom is -0.479 e. The van der Waals surface area contributed by atoms with E-state index in [0.717, 1.165) is 0 Å². The normalized spacial score (nSPS) is 17.9. The van der Waals surface area contributed by atoms with Gasteiger partial charge in [0.15, 0.2) is 11.1 Å². The smallest absolute Gasteiger partial charge is 0.333 e. The van der Waals surface area contributed by atoms with Gasteiger partial charge >= 0.3 is 11.9 Å². The maximum Gasteiger partial charge on any atom is 0.333 e. The molecule has 128 valence electrons. The predicted molar refractivity (Wildman–Crippen MR) is 85.2 cm³/mol. The Bertz CT molecular complexity index is 424. The van der Waals surface area contributed by atoms with Crippen molar-refractivity contribution in [2.75, 3.05) is 0 Å². The van der Waals surface area contributed by atoms with E-state index >= 15 is 0 Å². The summed E-state index contributed by atoms with van der Waals surface area (Å²) in [7, 11) is 0. The van der Waals surface area contributed by atoms with Crippen molar-refractivity contribution in [2.45, 2.75) is 84.7 Å². The summed E-state index contributed by atoms with van der Waals surface area (Å²) in [6.45, 7) is 10.7. The lowest BCUT2D eigenvalue weighted by Gasteiger charge is -2.41. The van der Waals surface area contributed by atoms with E-state index in [4.69, 9.17) is 0 Å². The second kappa shape index (κ2) is 7.70. The van der Waals surface area contributed by atoms with Crippen molar-refractivity contribution in [1.29, 1.82) is 0 Å². The maximum atomic E-state index is 11.9. The van der Waals surface area contributed by atoms with E-state index in [1.54, 1.807) is 6.92 Å². The van der Waals surface area contributed by atoms with Gasteiger partial charge in [0, 0.05) is 5.41 Å². The lowest BCUT2D eigenvalue weighted by Crippen LogP contribution is -2.50. The molecule has 0 aromatic carbocycles. The highest BCUT2D eigenvalue weighted by molar-refractivity contribution is 5.80. The fourth-order valence-electron chi connectivity index (χ4n) is 3.06. The molecule has 0 heterocycles. The zero-order chi connectivity index (χ0) is 17.6. The average Bonchev–Trinajstić information content (AvgIpc) is 2.47. The second-order valence-electron chi connectivity index (χ2n) is 6.25. The van der Waals surface area contributed by atoms with Crippen LogP contribution in [0.1, 0.15) is 73.6 Å². The quantitative estimate of drug-likeness (QED) is 0.592. The maximum absolute atomic E-state index is 11.9. The van der Waals surface area contributed by atoms with Crippen LogP contribution < -0.4 is 0 Å². The Morgan fingerprint density at radius 2 is 1.32 bits per heavy atom. The standard InChI is InChI=1S/C16H30N2O4/c1-7-11-14(5,12(19)20)17-18-15(6,13(21)22)16(8-2,9-3)10-4/h7-11H2,1-6H3,(H,19,20)(H,21,22)/b18-17+. The van der Waals surface area contributed by atoms with Gasteiger partial charge in [0.05, 0.1) is 0 Å². The monoisotopic (exact) mass is 314 g/mol. The van der Waals surface area contributed by atoms with Crippen LogP contribution in [0.5, 0.6) is 0 Å². The van der Waals surface area contributed by atoms with E-state index < -0.39 is 28.4 Å². The first-order valence-electron chi connectivity index (χ1n) is 8.00. The Labute approximate surface area is 133 Å². The second-order valence-corrected chi connectivity index (χ2v) is 6.25. The molecule has 0 aliphatic rings. The minimum atomic E-state index is -1.43. The lowest BCUT2D eigenvalue weighted by atomic mass is 9.65. The van der Waals surface area contributed by atoms with Crippen LogP contribution in [-0.4, -0.2) is 33.2 Å². The molecular formula is C16H30N2O4. The fourth-order valence-corrected chi connectivity index (χ4v) is 3.06. The number of aliphatic carboxylic acids is 2. The summed E-state index contributed by atoms with van der Waals surface area (Å²) in [5.74, 6) is -2.15. The van der Waals surface area contributed by atoms with Gasteiger partial charge in [-0.25, -0.2) is 9.59 Å². The van der Waals surface area contributed by atoms with E-state index in [2.05, 4.69) is 10.2 Å². The summed E-state index contributed by atoms with van der Waals surface area (Å²) in [5.41, 5.74) is -3.36. The SMILES string of the molecule is CCCC(C)(/N=N/C(C)(C(=O)O)C(CC)(CC)CC)C(=O)O. The van der Waals surface area contributed by atoms with Gasteiger partial charge in [-0.15, -0.1) is 0 Å². The van der Waals surface area contributed by atoms with Crippen LogP contribution in [0.15, 0.2) is 10.2 Å². The molecule has 0 aliphatic carbocycles. The van der Waals surface area contributed by atoms with Crippen molar-refractivity contribution in [3.8, 4) is 0 Å². The number of carboxylic acid groups (broad SMARTS) is 2. The summed E-state index contributed by atoms with van der Waals surface area (Å²) in [4.78, 5) is 23.3. The summed E-state index contributed by atoms with van der Waals surface area (Å²) in [6.07, 6.45) is 2.86. The number of rotatable bonds is 10. The molecule has 2 atom stereocenters. The van der Waals surface area contributed by atoms with Crippen molar-refractivity contribution in [3.05, 3.63) is 0 Å². The van der Waals surface area contributed by atoms with Crippen LogP contribution in [0.2, 0.25) is 0 Å². The third-order valence-corrected chi connectivity index (χ3v) is 5.15. The van der Waals surface area contributed by atoms with Crippen molar-refractivity contribution in [3.63, 3.8) is 0 Å².